The summed E-state index contributed by atoms with van der Waals surface area (Å²) in [6, 6.07) is 1.93. The normalized spacial score (nSPS) is 15.8. The van der Waals surface area contributed by atoms with Crippen molar-refractivity contribution in [1.82, 2.24) is 9.97 Å². The lowest BCUT2D eigenvalue weighted by Crippen LogP contribution is -2.41. The van der Waals surface area contributed by atoms with Crippen LogP contribution in [0.2, 0.25) is 0 Å². The second kappa shape index (κ2) is 5.09. The van der Waals surface area contributed by atoms with Crippen molar-refractivity contribution in [2.75, 3.05) is 31.6 Å². The molecule has 2 heterocycles. The fourth-order valence-corrected chi connectivity index (χ4v) is 1.78. The fourth-order valence-electron chi connectivity index (χ4n) is 1.78. The standard InChI is InChI=1S/C11H17N5O/c1-8-7-9(2)14-11(13-8)15-10(12)16-3-5-17-6-4-16/h7H,3-6H2,1-2H3,(H2,12,13,14,15)/p+1. The first-order valence-corrected chi connectivity index (χ1v) is 5.69. The summed E-state index contributed by atoms with van der Waals surface area (Å²) in [6.07, 6.45) is 0. The molecule has 1 aromatic rings. The lowest BCUT2D eigenvalue weighted by Gasteiger charge is -2.16. The fraction of sp³-hybridized carbons (Fsp3) is 0.545. The lowest BCUT2D eigenvalue weighted by molar-refractivity contribution is -0.550. The van der Waals surface area contributed by atoms with Crippen molar-refractivity contribution in [3.63, 3.8) is 0 Å². The minimum absolute atomic E-state index is 0.548. The number of aryl methyl sites for hydroxylation is 2. The third-order valence-electron chi connectivity index (χ3n) is 2.57. The van der Waals surface area contributed by atoms with Crippen LogP contribution < -0.4 is 11.1 Å². The third kappa shape index (κ3) is 3.13. The highest BCUT2D eigenvalue weighted by Crippen LogP contribution is 2.03. The van der Waals surface area contributed by atoms with Crippen LogP contribution in [0.25, 0.3) is 0 Å². The average Bonchev–Trinajstić information content (AvgIpc) is 2.28. The molecule has 17 heavy (non-hydrogen) atoms. The third-order valence-corrected chi connectivity index (χ3v) is 2.57. The maximum atomic E-state index is 5.98. The summed E-state index contributed by atoms with van der Waals surface area (Å²) in [7, 11) is 0. The Balaban J connectivity index is 2.14. The smallest absolute Gasteiger partial charge is 0.351 e. The zero-order valence-electron chi connectivity index (χ0n) is 10.2. The SMILES string of the molecule is Cc1cc(C)nc(NC(N)=[N+]2CCOCC2)n1. The van der Waals surface area contributed by atoms with Crippen LogP contribution in [0.15, 0.2) is 6.07 Å². The molecule has 6 heteroatoms. The minimum Gasteiger partial charge on any atom is -0.375 e. The molecule has 6 nitrogen and oxygen atoms in total. The molecule has 0 aromatic carbocycles. The Morgan fingerprint density at radius 1 is 1.29 bits per heavy atom. The maximum Gasteiger partial charge on any atom is 0.351 e. The van der Waals surface area contributed by atoms with Crippen molar-refractivity contribution >= 4 is 11.9 Å². The minimum atomic E-state index is 0.548. The van der Waals surface area contributed by atoms with Crippen molar-refractivity contribution < 1.29 is 9.31 Å². The monoisotopic (exact) mass is 236 g/mol. The Labute approximate surface area is 101 Å². The Hall–Kier alpha value is -1.69. The highest BCUT2D eigenvalue weighted by Gasteiger charge is 2.14. The number of guanidine groups is 1. The van der Waals surface area contributed by atoms with Gasteiger partial charge in [0, 0.05) is 11.4 Å². The van der Waals surface area contributed by atoms with Crippen LogP contribution in [0.3, 0.4) is 0 Å². The van der Waals surface area contributed by atoms with E-state index in [1.54, 1.807) is 0 Å². The van der Waals surface area contributed by atoms with Crippen LogP contribution in [-0.2, 0) is 4.74 Å². The van der Waals surface area contributed by atoms with Gasteiger partial charge in [0.05, 0.1) is 26.3 Å². The quantitative estimate of drug-likeness (QED) is 0.524. The van der Waals surface area contributed by atoms with Gasteiger partial charge in [-0.25, -0.2) is 15.3 Å². The van der Waals surface area contributed by atoms with Gasteiger partial charge in [0.25, 0.3) is 5.95 Å². The lowest BCUT2D eigenvalue weighted by atomic mass is 10.4. The summed E-state index contributed by atoms with van der Waals surface area (Å²) in [5, 5.41) is 3.04. The van der Waals surface area contributed by atoms with Gasteiger partial charge in [-0.15, -0.1) is 0 Å². The number of aromatic nitrogens is 2. The molecule has 0 unspecified atom stereocenters. The van der Waals surface area contributed by atoms with Gasteiger partial charge in [0.2, 0.25) is 0 Å². The van der Waals surface area contributed by atoms with Crippen LogP contribution >= 0.6 is 0 Å². The van der Waals surface area contributed by atoms with Crippen LogP contribution in [-0.4, -0.2) is 46.8 Å². The molecule has 0 spiro atoms. The van der Waals surface area contributed by atoms with E-state index in [0.717, 1.165) is 24.5 Å². The molecule has 1 aliphatic heterocycles. The zero-order chi connectivity index (χ0) is 12.3. The predicted molar refractivity (Wildman–Crippen MR) is 65.1 cm³/mol. The first-order chi connectivity index (χ1) is 8.15. The van der Waals surface area contributed by atoms with Gasteiger partial charge in [0.1, 0.15) is 0 Å². The predicted octanol–water partition coefficient (Wildman–Crippen LogP) is -0.137. The van der Waals surface area contributed by atoms with Gasteiger partial charge >= 0.3 is 5.96 Å². The van der Waals surface area contributed by atoms with E-state index in [1.807, 2.05) is 24.5 Å². The van der Waals surface area contributed by atoms with E-state index in [1.165, 1.54) is 0 Å². The van der Waals surface area contributed by atoms with Crippen LogP contribution in [0.5, 0.6) is 0 Å². The molecule has 0 radical (unpaired) electrons. The van der Waals surface area contributed by atoms with Crippen molar-refractivity contribution in [2.24, 2.45) is 5.73 Å². The first-order valence-electron chi connectivity index (χ1n) is 5.69. The van der Waals surface area contributed by atoms with Crippen molar-refractivity contribution in [1.29, 1.82) is 0 Å². The molecular formula is C11H18N5O+. The molecular weight excluding hydrogens is 218 g/mol. The molecule has 1 aliphatic rings. The summed E-state index contributed by atoms with van der Waals surface area (Å²) in [4.78, 5) is 8.58. The van der Waals surface area contributed by atoms with E-state index in [9.17, 15) is 0 Å². The number of hydrogen-bond acceptors (Lipinski definition) is 3. The van der Waals surface area contributed by atoms with Gasteiger partial charge in [-0.3, -0.25) is 10.3 Å². The van der Waals surface area contributed by atoms with E-state index in [-0.39, 0.29) is 0 Å². The summed E-state index contributed by atoms with van der Waals surface area (Å²) in [5.41, 5.74) is 7.83. The van der Waals surface area contributed by atoms with Gasteiger partial charge in [-0.1, -0.05) is 0 Å². The van der Waals surface area contributed by atoms with Gasteiger partial charge in [-0.05, 0) is 19.9 Å². The summed E-state index contributed by atoms with van der Waals surface area (Å²) in [6.45, 7) is 6.87. The van der Waals surface area contributed by atoms with E-state index in [4.69, 9.17) is 10.5 Å². The zero-order valence-corrected chi connectivity index (χ0v) is 10.2. The summed E-state index contributed by atoms with van der Waals surface area (Å²) in [5.74, 6) is 1.13. The number of hydrogen-bond donors (Lipinski definition) is 2. The molecule has 0 aliphatic carbocycles. The molecule has 0 atom stereocenters. The molecule has 92 valence electrons. The van der Waals surface area contributed by atoms with Crippen LogP contribution in [0, 0.1) is 13.8 Å². The van der Waals surface area contributed by atoms with E-state index in [2.05, 4.69) is 15.3 Å². The second-order valence-corrected chi connectivity index (χ2v) is 4.08. The summed E-state index contributed by atoms with van der Waals surface area (Å²) >= 11 is 0. The van der Waals surface area contributed by atoms with Gasteiger partial charge < -0.3 is 4.74 Å². The molecule has 0 saturated carbocycles. The van der Waals surface area contributed by atoms with E-state index < -0.39 is 0 Å². The molecule has 1 aromatic heterocycles. The largest absolute Gasteiger partial charge is 0.375 e. The number of nitrogens with zero attached hydrogens (tertiary/aromatic N) is 3. The molecule has 3 N–H and O–H groups in total. The Morgan fingerprint density at radius 3 is 2.47 bits per heavy atom. The second-order valence-electron chi connectivity index (χ2n) is 4.08. The Morgan fingerprint density at radius 2 is 1.88 bits per heavy atom. The van der Waals surface area contributed by atoms with Gasteiger partial charge in [0.15, 0.2) is 0 Å². The van der Waals surface area contributed by atoms with E-state index >= 15 is 0 Å². The van der Waals surface area contributed by atoms with Crippen molar-refractivity contribution in [3.05, 3.63) is 17.5 Å². The number of ether oxygens (including phenoxy) is 1. The maximum absolute atomic E-state index is 5.98. The Bertz CT molecular complexity index is 415. The Kier molecular flexibility index (Phi) is 3.53. The summed E-state index contributed by atoms with van der Waals surface area (Å²) < 4.78 is 7.30. The molecule has 0 amide bonds. The topological polar surface area (TPSA) is 76.1 Å². The highest BCUT2D eigenvalue weighted by molar-refractivity contribution is 5.86. The highest BCUT2D eigenvalue weighted by atomic mass is 16.5. The number of anilines is 1. The molecule has 1 fully saturated rings. The average molecular weight is 236 g/mol. The molecule has 2 rings (SSSR count). The van der Waals surface area contributed by atoms with Gasteiger partial charge in [-0.2, -0.15) is 0 Å². The van der Waals surface area contributed by atoms with Crippen LogP contribution in [0.4, 0.5) is 5.95 Å². The van der Waals surface area contributed by atoms with Crippen molar-refractivity contribution in [2.45, 2.75) is 13.8 Å². The molecule has 0 bridgehead atoms. The number of morpholine rings is 1. The van der Waals surface area contributed by atoms with Crippen LogP contribution in [0.1, 0.15) is 11.4 Å². The first kappa shape index (κ1) is 11.8. The number of nitrogens with one attached hydrogen (secondary N) is 1. The number of rotatable bonds is 1. The number of nitrogens with two attached hydrogens (primary N) is 1. The van der Waals surface area contributed by atoms with Crippen molar-refractivity contribution in [3.8, 4) is 0 Å². The van der Waals surface area contributed by atoms with E-state index in [0.29, 0.717) is 25.1 Å². The molecule has 1 saturated heterocycles.